The Bertz CT molecular complexity index is 905. The molecule has 0 radical (unpaired) electrons. The van der Waals surface area contributed by atoms with Crippen molar-refractivity contribution in [2.45, 2.75) is 13.5 Å². The molecule has 3 aromatic carbocycles. The van der Waals surface area contributed by atoms with Crippen molar-refractivity contribution in [3.8, 4) is 0 Å². The van der Waals surface area contributed by atoms with Crippen molar-refractivity contribution >= 4 is 23.3 Å². The summed E-state index contributed by atoms with van der Waals surface area (Å²) in [5, 5.41) is 8.39. The Kier molecular flexibility index (Phi) is 5.84. The van der Waals surface area contributed by atoms with Crippen LogP contribution in [0.1, 0.15) is 21.5 Å². The maximum atomic E-state index is 12.2. The first-order chi connectivity index (χ1) is 13.1. The summed E-state index contributed by atoms with van der Waals surface area (Å²) in [5.74, 6) is -0.198. The average Bonchev–Trinajstić information content (AvgIpc) is 2.69. The van der Waals surface area contributed by atoms with E-state index in [-0.39, 0.29) is 11.9 Å². The Balaban J connectivity index is 1.51. The van der Waals surface area contributed by atoms with Gasteiger partial charge in [-0.05, 0) is 48.9 Å². The standard InChI is InChI=1S/C22H21N3O2/c1-16-7-9-17(10-8-16)15-23-22(27)25-20-13-11-18(12-14-20)21(26)24-19-5-3-2-4-6-19/h2-14H,15H2,1H3,(H,24,26)(H2,23,25,27). The Morgan fingerprint density at radius 2 is 1.37 bits per heavy atom. The number of urea groups is 1. The summed E-state index contributed by atoms with van der Waals surface area (Å²) < 4.78 is 0. The minimum Gasteiger partial charge on any atom is -0.334 e. The van der Waals surface area contributed by atoms with Crippen molar-refractivity contribution in [2.75, 3.05) is 10.6 Å². The minimum atomic E-state index is -0.294. The third kappa shape index (κ3) is 5.44. The van der Waals surface area contributed by atoms with Crippen LogP contribution in [0.5, 0.6) is 0 Å². The second kappa shape index (κ2) is 8.67. The van der Waals surface area contributed by atoms with E-state index in [4.69, 9.17) is 0 Å². The molecule has 0 saturated carbocycles. The molecule has 0 heterocycles. The molecule has 0 aliphatic rings. The normalized spacial score (nSPS) is 10.1. The molecule has 0 spiro atoms. The molecule has 0 unspecified atom stereocenters. The number of para-hydroxylation sites is 1. The zero-order chi connectivity index (χ0) is 19.1. The topological polar surface area (TPSA) is 70.2 Å². The number of amides is 3. The number of carbonyl (C=O) groups is 2. The lowest BCUT2D eigenvalue weighted by Crippen LogP contribution is -2.28. The Hall–Kier alpha value is -3.60. The fraction of sp³-hybridized carbons (Fsp3) is 0.0909. The summed E-state index contributed by atoms with van der Waals surface area (Å²) >= 11 is 0. The summed E-state index contributed by atoms with van der Waals surface area (Å²) in [6.45, 7) is 2.47. The number of aryl methyl sites for hydroxylation is 1. The maximum absolute atomic E-state index is 12.2. The second-order valence-corrected chi connectivity index (χ2v) is 6.19. The SMILES string of the molecule is Cc1ccc(CNC(=O)Nc2ccc(C(=O)Nc3ccccc3)cc2)cc1. The van der Waals surface area contributed by atoms with Crippen LogP contribution in [0.4, 0.5) is 16.2 Å². The molecule has 5 nitrogen and oxygen atoms in total. The zero-order valence-electron chi connectivity index (χ0n) is 15.0. The zero-order valence-corrected chi connectivity index (χ0v) is 15.0. The van der Waals surface area contributed by atoms with Gasteiger partial charge in [0, 0.05) is 23.5 Å². The van der Waals surface area contributed by atoms with Crippen molar-refractivity contribution in [2.24, 2.45) is 0 Å². The quantitative estimate of drug-likeness (QED) is 0.624. The number of benzene rings is 3. The van der Waals surface area contributed by atoms with Crippen LogP contribution in [-0.4, -0.2) is 11.9 Å². The Labute approximate surface area is 158 Å². The summed E-state index contributed by atoms with van der Waals surface area (Å²) in [6.07, 6.45) is 0. The summed E-state index contributed by atoms with van der Waals surface area (Å²) in [4.78, 5) is 24.2. The smallest absolute Gasteiger partial charge is 0.319 e. The van der Waals surface area contributed by atoms with Crippen molar-refractivity contribution in [3.05, 3.63) is 95.6 Å². The lowest BCUT2D eigenvalue weighted by Gasteiger charge is -2.09. The van der Waals surface area contributed by atoms with Gasteiger partial charge >= 0.3 is 6.03 Å². The van der Waals surface area contributed by atoms with Crippen LogP contribution in [-0.2, 0) is 6.54 Å². The van der Waals surface area contributed by atoms with Crippen molar-refractivity contribution in [1.82, 2.24) is 5.32 Å². The van der Waals surface area contributed by atoms with E-state index in [1.165, 1.54) is 5.56 Å². The summed E-state index contributed by atoms with van der Waals surface area (Å²) in [5.41, 5.74) is 4.08. The highest BCUT2D eigenvalue weighted by Crippen LogP contribution is 2.12. The average molecular weight is 359 g/mol. The Morgan fingerprint density at radius 1 is 0.741 bits per heavy atom. The molecule has 0 saturated heterocycles. The lowest BCUT2D eigenvalue weighted by molar-refractivity contribution is 0.102. The molecule has 0 aliphatic heterocycles. The summed E-state index contributed by atoms with van der Waals surface area (Å²) in [7, 11) is 0. The van der Waals surface area contributed by atoms with Crippen LogP contribution in [0.25, 0.3) is 0 Å². The van der Waals surface area contributed by atoms with Gasteiger partial charge in [-0.3, -0.25) is 4.79 Å². The van der Waals surface area contributed by atoms with Gasteiger partial charge < -0.3 is 16.0 Å². The highest BCUT2D eigenvalue weighted by Gasteiger charge is 2.07. The van der Waals surface area contributed by atoms with Gasteiger partial charge in [0.1, 0.15) is 0 Å². The largest absolute Gasteiger partial charge is 0.334 e. The number of hydrogen-bond acceptors (Lipinski definition) is 2. The molecule has 27 heavy (non-hydrogen) atoms. The monoisotopic (exact) mass is 359 g/mol. The van der Waals surface area contributed by atoms with E-state index in [0.717, 1.165) is 11.3 Å². The number of rotatable bonds is 5. The molecule has 0 bridgehead atoms. The van der Waals surface area contributed by atoms with E-state index in [2.05, 4.69) is 16.0 Å². The molecular weight excluding hydrogens is 338 g/mol. The van der Waals surface area contributed by atoms with Crippen molar-refractivity contribution < 1.29 is 9.59 Å². The molecule has 0 aromatic heterocycles. The molecule has 5 heteroatoms. The molecule has 3 N–H and O–H groups in total. The first kappa shape index (κ1) is 18.2. The van der Waals surface area contributed by atoms with Gasteiger partial charge in [0.15, 0.2) is 0 Å². The first-order valence-corrected chi connectivity index (χ1v) is 8.67. The van der Waals surface area contributed by atoms with Gasteiger partial charge in [-0.2, -0.15) is 0 Å². The first-order valence-electron chi connectivity index (χ1n) is 8.67. The third-order valence-corrected chi connectivity index (χ3v) is 4.01. The van der Waals surface area contributed by atoms with Crippen LogP contribution in [0, 0.1) is 6.92 Å². The van der Waals surface area contributed by atoms with E-state index in [1.54, 1.807) is 24.3 Å². The number of carbonyl (C=O) groups excluding carboxylic acids is 2. The number of nitrogens with one attached hydrogen (secondary N) is 3. The van der Waals surface area contributed by atoms with Crippen LogP contribution in [0.3, 0.4) is 0 Å². The molecule has 3 aromatic rings. The predicted octanol–water partition coefficient (Wildman–Crippen LogP) is 4.57. The van der Waals surface area contributed by atoms with Crippen LogP contribution in [0.2, 0.25) is 0 Å². The van der Waals surface area contributed by atoms with Gasteiger partial charge in [0.05, 0.1) is 0 Å². The van der Waals surface area contributed by atoms with Gasteiger partial charge in [-0.1, -0.05) is 48.0 Å². The van der Waals surface area contributed by atoms with Crippen LogP contribution in [0.15, 0.2) is 78.9 Å². The molecule has 3 rings (SSSR count). The molecule has 136 valence electrons. The number of anilines is 2. The van der Waals surface area contributed by atoms with Crippen LogP contribution < -0.4 is 16.0 Å². The van der Waals surface area contributed by atoms with Gasteiger partial charge in [0.25, 0.3) is 5.91 Å². The van der Waals surface area contributed by atoms with E-state index >= 15 is 0 Å². The molecule has 0 fully saturated rings. The van der Waals surface area contributed by atoms with E-state index in [9.17, 15) is 9.59 Å². The molecule has 0 aliphatic carbocycles. The maximum Gasteiger partial charge on any atom is 0.319 e. The lowest BCUT2D eigenvalue weighted by atomic mass is 10.1. The van der Waals surface area contributed by atoms with Gasteiger partial charge in [-0.25, -0.2) is 4.79 Å². The van der Waals surface area contributed by atoms with Crippen molar-refractivity contribution in [1.29, 1.82) is 0 Å². The number of hydrogen-bond donors (Lipinski definition) is 3. The van der Waals surface area contributed by atoms with E-state index in [0.29, 0.717) is 17.8 Å². The van der Waals surface area contributed by atoms with Gasteiger partial charge in [0.2, 0.25) is 0 Å². The fourth-order valence-electron chi connectivity index (χ4n) is 2.49. The highest BCUT2D eigenvalue weighted by atomic mass is 16.2. The summed E-state index contributed by atoms with van der Waals surface area (Å²) in [6, 6.07) is 23.7. The van der Waals surface area contributed by atoms with E-state index in [1.807, 2.05) is 61.5 Å². The second-order valence-electron chi connectivity index (χ2n) is 6.19. The van der Waals surface area contributed by atoms with Crippen molar-refractivity contribution in [3.63, 3.8) is 0 Å². The van der Waals surface area contributed by atoms with Gasteiger partial charge in [-0.15, -0.1) is 0 Å². The molecule has 0 atom stereocenters. The third-order valence-electron chi connectivity index (χ3n) is 4.01. The molecule has 3 amide bonds. The van der Waals surface area contributed by atoms with E-state index < -0.39 is 0 Å². The predicted molar refractivity (Wildman–Crippen MR) is 108 cm³/mol. The van der Waals surface area contributed by atoms with Crippen LogP contribution >= 0.6 is 0 Å². The minimum absolute atomic E-state index is 0.198. The molecular formula is C22H21N3O2. The highest BCUT2D eigenvalue weighted by molar-refractivity contribution is 6.04. The Morgan fingerprint density at radius 3 is 2.04 bits per heavy atom. The fourth-order valence-corrected chi connectivity index (χ4v) is 2.49.